The Hall–Kier alpha value is -3.46. The third-order valence-electron chi connectivity index (χ3n) is 5.31. The predicted octanol–water partition coefficient (Wildman–Crippen LogP) is 1.66. The van der Waals surface area contributed by atoms with E-state index in [1.54, 1.807) is 61.0 Å². The molecule has 156 valence electrons. The van der Waals surface area contributed by atoms with Gasteiger partial charge in [-0.05, 0) is 44.4 Å². The second-order valence-electron chi connectivity index (χ2n) is 7.95. The van der Waals surface area contributed by atoms with Gasteiger partial charge in [-0.1, -0.05) is 12.1 Å². The van der Waals surface area contributed by atoms with E-state index in [0.29, 0.717) is 41.4 Å². The Morgan fingerprint density at radius 1 is 1.23 bits per heavy atom. The fraction of sp³-hybridized carbons (Fsp3) is 0.333. The topological polar surface area (TPSA) is 126 Å². The van der Waals surface area contributed by atoms with Crippen molar-refractivity contribution < 1.29 is 14.7 Å². The van der Waals surface area contributed by atoms with Crippen molar-refractivity contribution in [3.05, 3.63) is 53.7 Å². The van der Waals surface area contributed by atoms with Gasteiger partial charge in [0.1, 0.15) is 17.7 Å². The van der Waals surface area contributed by atoms with E-state index in [1.165, 1.54) is 0 Å². The highest BCUT2D eigenvalue weighted by Crippen LogP contribution is 2.28. The van der Waals surface area contributed by atoms with E-state index in [9.17, 15) is 14.7 Å². The summed E-state index contributed by atoms with van der Waals surface area (Å²) in [6, 6.07) is 9.76. The van der Waals surface area contributed by atoms with Crippen LogP contribution in [-0.4, -0.2) is 44.1 Å². The van der Waals surface area contributed by atoms with Gasteiger partial charge >= 0.3 is 0 Å². The Labute approximate surface area is 173 Å². The Balaban J connectivity index is 1.63. The molecule has 0 aliphatic carbocycles. The van der Waals surface area contributed by atoms with Crippen LogP contribution < -0.4 is 16.0 Å². The molecule has 0 radical (unpaired) electrons. The summed E-state index contributed by atoms with van der Waals surface area (Å²) in [5.74, 6) is 0.290. The largest absolute Gasteiger partial charge is 0.386 e. The van der Waals surface area contributed by atoms with Crippen LogP contribution in [0, 0.1) is 0 Å². The SMILES string of the molecule is CC(C)(O)c1ccc(C(=O)Nc2cc(N3CCCC3C(N)=O)n3nccc3n2)cc1. The Kier molecular flexibility index (Phi) is 4.90. The van der Waals surface area contributed by atoms with Gasteiger partial charge in [0.15, 0.2) is 5.65 Å². The lowest BCUT2D eigenvalue weighted by atomic mass is 9.97. The molecule has 0 bridgehead atoms. The summed E-state index contributed by atoms with van der Waals surface area (Å²) < 4.78 is 1.63. The van der Waals surface area contributed by atoms with E-state index in [4.69, 9.17) is 5.73 Å². The van der Waals surface area contributed by atoms with Crippen molar-refractivity contribution in [2.45, 2.75) is 38.3 Å². The molecule has 1 fully saturated rings. The molecule has 0 spiro atoms. The predicted molar refractivity (Wildman–Crippen MR) is 112 cm³/mol. The molecule has 4 rings (SSSR count). The number of amides is 2. The third kappa shape index (κ3) is 3.71. The lowest BCUT2D eigenvalue weighted by molar-refractivity contribution is -0.119. The molecule has 9 heteroatoms. The smallest absolute Gasteiger partial charge is 0.256 e. The van der Waals surface area contributed by atoms with Crippen molar-refractivity contribution in [2.24, 2.45) is 5.73 Å². The number of primary amides is 1. The van der Waals surface area contributed by atoms with E-state index in [2.05, 4.69) is 15.4 Å². The first-order valence-electron chi connectivity index (χ1n) is 9.79. The highest BCUT2D eigenvalue weighted by atomic mass is 16.3. The summed E-state index contributed by atoms with van der Waals surface area (Å²) in [4.78, 5) is 30.9. The number of nitrogens with two attached hydrogens (primary N) is 1. The maximum Gasteiger partial charge on any atom is 0.256 e. The number of hydrogen-bond donors (Lipinski definition) is 3. The van der Waals surface area contributed by atoms with Gasteiger partial charge in [0.25, 0.3) is 5.91 Å². The molecule has 3 aromatic rings. The molecule has 4 N–H and O–H groups in total. The van der Waals surface area contributed by atoms with Crippen LogP contribution in [0.2, 0.25) is 0 Å². The number of benzene rings is 1. The second-order valence-corrected chi connectivity index (χ2v) is 7.95. The molecule has 30 heavy (non-hydrogen) atoms. The standard InChI is InChI=1S/C21H24N6O3/c1-21(2,30)14-7-5-13(6-8-14)20(29)25-16-12-18(27-17(24-16)9-10-23-27)26-11-3-4-15(26)19(22)28/h5-10,12,15,30H,3-4,11H2,1-2H3,(H2,22,28)(H,24,25,29). The number of carbonyl (C=O) groups excluding carboxylic acids is 2. The minimum atomic E-state index is -0.981. The molecule has 1 aliphatic rings. The average Bonchev–Trinajstić information content (AvgIpc) is 3.36. The normalized spacial score (nSPS) is 16.8. The molecule has 0 saturated carbocycles. The van der Waals surface area contributed by atoms with Gasteiger partial charge in [0.05, 0.1) is 11.8 Å². The van der Waals surface area contributed by atoms with Crippen LogP contribution in [0.3, 0.4) is 0 Å². The van der Waals surface area contributed by atoms with Crippen LogP contribution in [0.15, 0.2) is 42.6 Å². The molecular formula is C21H24N6O3. The van der Waals surface area contributed by atoms with Crippen LogP contribution in [0.25, 0.3) is 5.65 Å². The fourth-order valence-corrected chi connectivity index (χ4v) is 3.72. The monoisotopic (exact) mass is 408 g/mol. The second kappa shape index (κ2) is 7.42. The van der Waals surface area contributed by atoms with Crippen molar-refractivity contribution in [3.8, 4) is 0 Å². The van der Waals surface area contributed by atoms with E-state index in [1.807, 2.05) is 4.90 Å². The lowest BCUT2D eigenvalue weighted by Gasteiger charge is -2.25. The van der Waals surface area contributed by atoms with Gasteiger partial charge in [0.2, 0.25) is 5.91 Å². The quantitative estimate of drug-likeness (QED) is 0.589. The van der Waals surface area contributed by atoms with E-state index >= 15 is 0 Å². The Bertz CT molecular complexity index is 1100. The molecule has 9 nitrogen and oxygen atoms in total. The van der Waals surface area contributed by atoms with Gasteiger partial charge in [-0.25, -0.2) is 4.98 Å². The maximum atomic E-state index is 12.7. The average molecular weight is 408 g/mol. The molecular weight excluding hydrogens is 384 g/mol. The van der Waals surface area contributed by atoms with Crippen LogP contribution in [0.5, 0.6) is 0 Å². The number of anilines is 2. The summed E-state index contributed by atoms with van der Waals surface area (Å²) in [6.45, 7) is 4.04. The molecule has 1 aromatic carbocycles. The minimum absolute atomic E-state index is 0.326. The molecule has 1 atom stereocenters. The van der Waals surface area contributed by atoms with Crippen molar-refractivity contribution in [1.29, 1.82) is 0 Å². The highest BCUT2D eigenvalue weighted by molar-refractivity contribution is 6.04. The summed E-state index contributed by atoms with van der Waals surface area (Å²) in [7, 11) is 0. The maximum absolute atomic E-state index is 12.7. The zero-order valence-electron chi connectivity index (χ0n) is 16.9. The van der Waals surface area contributed by atoms with Crippen molar-refractivity contribution in [1.82, 2.24) is 14.6 Å². The number of hydrogen-bond acceptors (Lipinski definition) is 6. The summed E-state index contributed by atoms with van der Waals surface area (Å²) in [6.07, 6.45) is 3.13. The van der Waals surface area contributed by atoms with Gasteiger partial charge in [-0.15, -0.1) is 0 Å². The summed E-state index contributed by atoms with van der Waals surface area (Å²) >= 11 is 0. The van der Waals surface area contributed by atoms with Crippen molar-refractivity contribution in [3.63, 3.8) is 0 Å². The number of fused-ring (bicyclic) bond motifs is 1. The first-order valence-corrected chi connectivity index (χ1v) is 9.79. The zero-order chi connectivity index (χ0) is 21.5. The minimum Gasteiger partial charge on any atom is -0.386 e. The van der Waals surface area contributed by atoms with Crippen LogP contribution in [0.1, 0.15) is 42.6 Å². The molecule has 1 saturated heterocycles. The Morgan fingerprint density at radius 3 is 2.63 bits per heavy atom. The molecule has 2 aromatic heterocycles. The van der Waals surface area contributed by atoms with Crippen molar-refractivity contribution in [2.75, 3.05) is 16.8 Å². The molecule has 3 heterocycles. The summed E-state index contributed by atoms with van der Waals surface area (Å²) in [5, 5.41) is 17.2. The van der Waals surface area contributed by atoms with Crippen LogP contribution in [0.4, 0.5) is 11.6 Å². The van der Waals surface area contributed by atoms with Crippen LogP contribution >= 0.6 is 0 Å². The number of nitrogens with zero attached hydrogens (tertiary/aromatic N) is 4. The number of nitrogens with one attached hydrogen (secondary N) is 1. The highest BCUT2D eigenvalue weighted by Gasteiger charge is 2.31. The lowest BCUT2D eigenvalue weighted by Crippen LogP contribution is -2.41. The number of aromatic nitrogens is 3. The third-order valence-corrected chi connectivity index (χ3v) is 5.31. The first kappa shape index (κ1) is 19.8. The molecule has 2 amide bonds. The van der Waals surface area contributed by atoms with Gasteiger partial charge in [-0.2, -0.15) is 9.61 Å². The number of rotatable bonds is 5. The van der Waals surface area contributed by atoms with Gasteiger partial charge < -0.3 is 21.1 Å². The van der Waals surface area contributed by atoms with Crippen molar-refractivity contribution >= 4 is 29.1 Å². The Morgan fingerprint density at radius 2 is 1.97 bits per heavy atom. The van der Waals surface area contributed by atoms with Gasteiger partial charge in [0, 0.05) is 24.2 Å². The van der Waals surface area contributed by atoms with E-state index in [0.717, 1.165) is 6.42 Å². The molecule has 1 aliphatic heterocycles. The number of aliphatic hydroxyl groups is 1. The molecule has 1 unspecified atom stereocenters. The summed E-state index contributed by atoms with van der Waals surface area (Å²) in [5.41, 5.74) is 6.29. The zero-order valence-corrected chi connectivity index (χ0v) is 16.9. The van der Waals surface area contributed by atoms with E-state index in [-0.39, 0.29) is 11.8 Å². The first-order chi connectivity index (χ1) is 14.2. The van der Waals surface area contributed by atoms with Crippen LogP contribution in [-0.2, 0) is 10.4 Å². The van der Waals surface area contributed by atoms with Gasteiger partial charge in [-0.3, -0.25) is 9.59 Å². The van der Waals surface area contributed by atoms with E-state index < -0.39 is 11.6 Å². The number of carbonyl (C=O) groups is 2. The fourth-order valence-electron chi connectivity index (χ4n) is 3.72.